The lowest BCUT2D eigenvalue weighted by atomic mass is 10.0. The van der Waals surface area contributed by atoms with Gasteiger partial charge in [0.25, 0.3) is 5.91 Å². The van der Waals surface area contributed by atoms with Crippen LogP contribution in [-0.4, -0.2) is 50.2 Å². The molecular formula is C16H20N2O3. The largest absolute Gasteiger partial charge is 0.493 e. The highest BCUT2D eigenvalue weighted by Gasteiger charge is 2.28. The fraction of sp³-hybridized carbons (Fsp3) is 0.438. The van der Waals surface area contributed by atoms with Gasteiger partial charge < -0.3 is 19.7 Å². The summed E-state index contributed by atoms with van der Waals surface area (Å²) in [6, 6.07) is 5.90. The third kappa shape index (κ3) is 2.61. The molecule has 1 fully saturated rings. The summed E-state index contributed by atoms with van der Waals surface area (Å²) in [5, 5.41) is 3.29. The molecule has 21 heavy (non-hydrogen) atoms. The molecule has 0 aromatic heterocycles. The van der Waals surface area contributed by atoms with Crippen molar-refractivity contribution in [2.24, 2.45) is 0 Å². The Bertz CT molecular complexity index is 583. The summed E-state index contributed by atoms with van der Waals surface area (Å²) in [5.74, 6) is 1.48. The van der Waals surface area contributed by atoms with Gasteiger partial charge in [0.05, 0.1) is 12.7 Å². The zero-order valence-corrected chi connectivity index (χ0v) is 12.4. The third-order valence-corrected chi connectivity index (χ3v) is 3.97. The number of nitrogens with one attached hydrogen (secondary N) is 1. The monoisotopic (exact) mass is 288 g/mol. The van der Waals surface area contributed by atoms with Crippen molar-refractivity contribution in [3.63, 3.8) is 0 Å². The van der Waals surface area contributed by atoms with Gasteiger partial charge in [0, 0.05) is 31.2 Å². The van der Waals surface area contributed by atoms with Crippen LogP contribution in [-0.2, 0) is 4.79 Å². The van der Waals surface area contributed by atoms with Crippen molar-refractivity contribution in [2.75, 3.05) is 33.4 Å². The molecule has 2 aliphatic rings. The van der Waals surface area contributed by atoms with Crippen LogP contribution in [0.15, 0.2) is 23.8 Å². The number of rotatable bonds is 2. The maximum absolute atomic E-state index is 12.6. The molecule has 2 heterocycles. The van der Waals surface area contributed by atoms with Gasteiger partial charge in [-0.2, -0.15) is 0 Å². The van der Waals surface area contributed by atoms with Crippen molar-refractivity contribution < 1.29 is 14.3 Å². The molecule has 0 aliphatic carbocycles. The van der Waals surface area contributed by atoms with Gasteiger partial charge in [-0.05, 0) is 19.1 Å². The highest BCUT2D eigenvalue weighted by molar-refractivity contribution is 5.99. The van der Waals surface area contributed by atoms with Gasteiger partial charge in [-0.15, -0.1) is 0 Å². The van der Waals surface area contributed by atoms with Gasteiger partial charge in [0.15, 0.2) is 11.5 Å². The highest BCUT2D eigenvalue weighted by atomic mass is 16.5. The fourth-order valence-corrected chi connectivity index (χ4v) is 2.79. The molecule has 1 N–H and O–H groups in total. The average Bonchev–Trinajstić information content (AvgIpc) is 2.53. The molecule has 0 bridgehead atoms. The second-order valence-electron chi connectivity index (χ2n) is 5.39. The van der Waals surface area contributed by atoms with E-state index in [4.69, 9.17) is 9.47 Å². The number of amides is 1. The standard InChI is InChI=1S/C16H20N2O3/c1-11-9-17-6-7-18(11)16(19)13-8-12-4-3-5-14(20-2)15(12)21-10-13/h3-5,8,11,17H,6-7,9-10H2,1-2H3/t11-/m1/s1. The number of carbonyl (C=O) groups is 1. The minimum absolute atomic E-state index is 0.0671. The van der Waals surface area contributed by atoms with E-state index in [0.29, 0.717) is 23.7 Å². The SMILES string of the molecule is COc1cccc2c1OCC(C(=O)N1CCNC[C@H]1C)=C2. The number of methoxy groups -OCH3 is 1. The second kappa shape index (κ2) is 5.77. The lowest BCUT2D eigenvalue weighted by Gasteiger charge is -2.35. The van der Waals surface area contributed by atoms with E-state index in [9.17, 15) is 4.79 Å². The van der Waals surface area contributed by atoms with E-state index >= 15 is 0 Å². The molecule has 2 aliphatic heterocycles. The molecule has 1 aromatic carbocycles. The molecule has 5 nitrogen and oxygen atoms in total. The van der Waals surface area contributed by atoms with E-state index in [-0.39, 0.29) is 11.9 Å². The first kappa shape index (κ1) is 13.9. The van der Waals surface area contributed by atoms with Crippen molar-refractivity contribution in [3.8, 4) is 11.5 Å². The molecule has 0 saturated carbocycles. The molecule has 112 valence electrons. The minimum atomic E-state index is 0.0671. The summed E-state index contributed by atoms with van der Waals surface area (Å²) in [7, 11) is 1.62. The van der Waals surface area contributed by atoms with E-state index in [1.54, 1.807) is 7.11 Å². The van der Waals surface area contributed by atoms with Crippen LogP contribution in [0, 0.1) is 0 Å². The number of ether oxygens (including phenoxy) is 2. The number of nitrogens with zero attached hydrogens (tertiary/aromatic N) is 1. The number of hydrogen-bond acceptors (Lipinski definition) is 4. The van der Waals surface area contributed by atoms with Gasteiger partial charge >= 0.3 is 0 Å². The Labute approximate surface area is 124 Å². The Balaban J connectivity index is 1.86. The van der Waals surface area contributed by atoms with Crippen LogP contribution in [0.1, 0.15) is 12.5 Å². The smallest absolute Gasteiger partial charge is 0.253 e. The molecule has 0 unspecified atom stereocenters. The third-order valence-electron chi connectivity index (χ3n) is 3.97. The summed E-state index contributed by atoms with van der Waals surface area (Å²) in [5.41, 5.74) is 1.59. The predicted octanol–water partition coefficient (Wildman–Crippen LogP) is 1.29. The van der Waals surface area contributed by atoms with Gasteiger partial charge in [-0.1, -0.05) is 12.1 Å². The van der Waals surface area contributed by atoms with E-state index in [1.165, 1.54) is 0 Å². The zero-order chi connectivity index (χ0) is 14.8. The van der Waals surface area contributed by atoms with Crippen LogP contribution in [0.4, 0.5) is 0 Å². The highest BCUT2D eigenvalue weighted by Crippen LogP contribution is 2.35. The van der Waals surface area contributed by atoms with Crippen molar-refractivity contribution in [1.82, 2.24) is 10.2 Å². The number of carbonyl (C=O) groups excluding carboxylic acids is 1. The van der Waals surface area contributed by atoms with E-state index in [1.807, 2.05) is 29.2 Å². The van der Waals surface area contributed by atoms with Crippen molar-refractivity contribution in [1.29, 1.82) is 0 Å². The quantitative estimate of drug-likeness (QED) is 0.891. The summed E-state index contributed by atoms with van der Waals surface area (Å²) < 4.78 is 11.0. The molecule has 1 aromatic rings. The number of para-hydroxylation sites is 1. The summed E-state index contributed by atoms with van der Waals surface area (Å²) in [6.45, 7) is 4.77. The summed E-state index contributed by atoms with van der Waals surface area (Å²) >= 11 is 0. The van der Waals surface area contributed by atoms with Crippen LogP contribution in [0.2, 0.25) is 0 Å². The number of fused-ring (bicyclic) bond motifs is 1. The second-order valence-corrected chi connectivity index (χ2v) is 5.39. The minimum Gasteiger partial charge on any atom is -0.493 e. The lowest BCUT2D eigenvalue weighted by Crippen LogP contribution is -2.53. The number of benzene rings is 1. The van der Waals surface area contributed by atoms with Crippen LogP contribution in [0.25, 0.3) is 6.08 Å². The van der Waals surface area contributed by atoms with E-state index in [2.05, 4.69) is 12.2 Å². The molecule has 3 rings (SSSR count). The number of hydrogen-bond donors (Lipinski definition) is 1. The molecule has 1 amide bonds. The Morgan fingerprint density at radius 1 is 1.48 bits per heavy atom. The van der Waals surface area contributed by atoms with E-state index in [0.717, 1.165) is 25.2 Å². The normalized spacial score (nSPS) is 21.1. The van der Waals surface area contributed by atoms with Crippen molar-refractivity contribution in [3.05, 3.63) is 29.3 Å². The fourth-order valence-electron chi connectivity index (χ4n) is 2.79. The van der Waals surface area contributed by atoms with E-state index < -0.39 is 0 Å². The Morgan fingerprint density at radius 3 is 3.10 bits per heavy atom. The Kier molecular flexibility index (Phi) is 3.84. The Morgan fingerprint density at radius 2 is 2.33 bits per heavy atom. The first-order chi connectivity index (χ1) is 10.2. The van der Waals surface area contributed by atoms with Crippen molar-refractivity contribution >= 4 is 12.0 Å². The molecular weight excluding hydrogens is 268 g/mol. The van der Waals surface area contributed by atoms with Crippen molar-refractivity contribution in [2.45, 2.75) is 13.0 Å². The first-order valence-corrected chi connectivity index (χ1v) is 7.22. The lowest BCUT2D eigenvalue weighted by molar-refractivity contribution is -0.130. The topological polar surface area (TPSA) is 50.8 Å². The van der Waals surface area contributed by atoms with Gasteiger partial charge in [-0.3, -0.25) is 4.79 Å². The van der Waals surface area contributed by atoms with Gasteiger partial charge in [0.1, 0.15) is 6.61 Å². The maximum Gasteiger partial charge on any atom is 0.253 e. The van der Waals surface area contributed by atoms with Crippen LogP contribution in [0.5, 0.6) is 11.5 Å². The van der Waals surface area contributed by atoms with Gasteiger partial charge in [0.2, 0.25) is 0 Å². The maximum atomic E-state index is 12.6. The summed E-state index contributed by atoms with van der Waals surface area (Å²) in [6.07, 6.45) is 1.92. The molecule has 5 heteroatoms. The van der Waals surface area contributed by atoms with Gasteiger partial charge in [-0.25, -0.2) is 0 Å². The molecule has 0 radical (unpaired) electrons. The Hall–Kier alpha value is -2.01. The summed E-state index contributed by atoms with van der Waals surface area (Å²) in [4.78, 5) is 14.6. The van der Waals surface area contributed by atoms with Crippen LogP contribution < -0.4 is 14.8 Å². The van der Waals surface area contributed by atoms with Crippen LogP contribution >= 0.6 is 0 Å². The predicted molar refractivity (Wildman–Crippen MR) is 80.5 cm³/mol. The van der Waals surface area contributed by atoms with Crippen LogP contribution in [0.3, 0.4) is 0 Å². The molecule has 1 saturated heterocycles. The molecule has 0 spiro atoms. The molecule has 1 atom stereocenters. The average molecular weight is 288 g/mol. The first-order valence-electron chi connectivity index (χ1n) is 7.22. The zero-order valence-electron chi connectivity index (χ0n) is 12.4. The number of piperazine rings is 1.